The van der Waals surface area contributed by atoms with E-state index in [0.29, 0.717) is 0 Å². The topological polar surface area (TPSA) is 64.1 Å². The van der Waals surface area contributed by atoms with Crippen molar-refractivity contribution in [3.63, 3.8) is 0 Å². The number of hydrogen-bond acceptors (Lipinski definition) is 2. The molecule has 0 atom stereocenters. The van der Waals surface area contributed by atoms with Crippen LogP contribution in [0.2, 0.25) is 0 Å². The number of carbonyl (C=O) groups is 1. The molecule has 0 heterocycles. The maximum absolute atomic E-state index is 11.2. The van der Waals surface area contributed by atoms with Crippen LogP contribution in [0.3, 0.4) is 0 Å². The van der Waals surface area contributed by atoms with E-state index in [2.05, 4.69) is 0 Å². The molecule has 0 rings (SSSR count). The van der Waals surface area contributed by atoms with E-state index in [9.17, 15) is 18.0 Å². The average molecular weight is 158 g/mol. The zero-order valence-electron chi connectivity index (χ0n) is 5.46. The summed E-state index contributed by atoms with van der Waals surface area (Å²) in [5, 5.41) is 1.62. The number of alkyl halides is 3. The predicted molar refractivity (Wildman–Crippen MR) is 29.8 cm³/mol. The Hall–Kier alpha value is -0.780. The number of nitrogens with one attached hydrogen (secondary N) is 1. The third-order valence-electron chi connectivity index (χ3n) is 0.538. The van der Waals surface area contributed by atoms with Crippen LogP contribution in [0.1, 0.15) is 6.92 Å². The monoisotopic (exact) mass is 158 g/mol. The number of amides is 1. The average Bonchev–Trinajstić information content (AvgIpc) is 1.59. The van der Waals surface area contributed by atoms with Gasteiger partial charge in [0.2, 0.25) is 5.91 Å². The van der Waals surface area contributed by atoms with Gasteiger partial charge in [-0.15, -0.1) is 0 Å². The van der Waals surface area contributed by atoms with Gasteiger partial charge in [0.15, 0.2) is 0 Å². The first-order valence-corrected chi connectivity index (χ1v) is 2.23. The first-order valence-electron chi connectivity index (χ1n) is 2.23. The summed E-state index contributed by atoms with van der Waals surface area (Å²) in [4.78, 5) is 9.88. The lowest BCUT2D eigenvalue weighted by Crippen LogP contribution is -2.31. The smallest absolute Gasteiger partial charge is 0.347 e. The first-order chi connectivity index (χ1) is 3.92. The second-order valence-corrected chi connectivity index (χ2v) is 1.52. The molecule has 0 aromatic heterocycles. The molecule has 0 aliphatic carbocycles. The van der Waals surface area contributed by atoms with Crippen LogP contribution in [0.4, 0.5) is 13.2 Å². The lowest BCUT2D eigenvalue weighted by Gasteiger charge is -2.04. The van der Waals surface area contributed by atoms with E-state index in [0.717, 1.165) is 6.92 Å². The first kappa shape index (κ1) is 12.0. The van der Waals surface area contributed by atoms with Crippen molar-refractivity contribution in [1.82, 2.24) is 11.5 Å². The fourth-order valence-corrected chi connectivity index (χ4v) is 0.225. The summed E-state index contributed by atoms with van der Waals surface area (Å²) in [6.45, 7) is -0.214. The van der Waals surface area contributed by atoms with Gasteiger partial charge in [0.25, 0.3) is 0 Å². The summed E-state index contributed by atoms with van der Waals surface area (Å²) in [6.07, 6.45) is -4.30. The third-order valence-corrected chi connectivity index (χ3v) is 0.538. The van der Waals surface area contributed by atoms with E-state index in [-0.39, 0.29) is 6.15 Å². The zero-order chi connectivity index (χ0) is 7.49. The Bertz CT molecular complexity index is 112. The summed E-state index contributed by atoms with van der Waals surface area (Å²) < 4.78 is 33.6. The summed E-state index contributed by atoms with van der Waals surface area (Å²) in [6, 6.07) is 0. The van der Waals surface area contributed by atoms with Crippen LogP contribution in [0.25, 0.3) is 0 Å². The summed E-state index contributed by atoms with van der Waals surface area (Å²) >= 11 is 0. The number of halogens is 3. The molecule has 0 unspecified atom stereocenters. The van der Waals surface area contributed by atoms with Crippen molar-refractivity contribution in [2.45, 2.75) is 13.1 Å². The fourth-order valence-electron chi connectivity index (χ4n) is 0.225. The van der Waals surface area contributed by atoms with Crippen LogP contribution in [0.15, 0.2) is 0 Å². The van der Waals surface area contributed by atoms with Crippen LogP contribution >= 0.6 is 0 Å². The van der Waals surface area contributed by atoms with Gasteiger partial charge >= 0.3 is 6.18 Å². The molecular weight excluding hydrogens is 149 g/mol. The quantitative estimate of drug-likeness (QED) is 0.594. The summed E-state index contributed by atoms with van der Waals surface area (Å²) in [7, 11) is 0. The maximum atomic E-state index is 11.2. The van der Waals surface area contributed by atoms with Gasteiger partial charge in [-0.2, -0.15) is 13.2 Å². The molecule has 0 aromatic rings. The Morgan fingerprint density at radius 1 is 1.50 bits per heavy atom. The van der Waals surface area contributed by atoms with Gasteiger partial charge in [-0.05, 0) is 0 Å². The van der Waals surface area contributed by atoms with Crippen molar-refractivity contribution in [3.05, 3.63) is 0 Å². The molecule has 0 spiro atoms. The third kappa shape index (κ3) is 10.3. The Morgan fingerprint density at radius 2 is 1.90 bits per heavy atom. The minimum absolute atomic E-state index is 0. The van der Waals surface area contributed by atoms with E-state index in [1.54, 1.807) is 5.32 Å². The van der Waals surface area contributed by atoms with Gasteiger partial charge in [-0.3, -0.25) is 4.79 Å². The standard InChI is InChI=1S/C4H6F3NO.H3N/c1-3(9)8-2-4(5,6)7;/h2H2,1H3,(H,8,9);1H3. The highest BCUT2D eigenvalue weighted by Crippen LogP contribution is 2.11. The molecule has 0 saturated heterocycles. The van der Waals surface area contributed by atoms with E-state index >= 15 is 0 Å². The molecule has 0 fully saturated rings. The van der Waals surface area contributed by atoms with Crippen molar-refractivity contribution in [2.24, 2.45) is 0 Å². The number of rotatable bonds is 1. The Morgan fingerprint density at radius 3 is 2.00 bits per heavy atom. The minimum atomic E-state index is -4.30. The molecule has 0 bridgehead atoms. The van der Waals surface area contributed by atoms with Gasteiger partial charge in [-0.25, -0.2) is 0 Å². The molecular formula is C4H9F3N2O. The Kier molecular flexibility index (Phi) is 4.90. The minimum Gasteiger partial charge on any atom is -0.347 e. The van der Waals surface area contributed by atoms with Crippen LogP contribution in [0.5, 0.6) is 0 Å². The molecule has 62 valence electrons. The summed E-state index contributed by atoms with van der Waals surface area (Å²) in [5.41, 5.74) is 0. The maximum Gasteiger partial charge on any atom is 0.405 e. The van der Waals surface area contributed by atoms with E-state index in [1.165, 1.54) is 0 Å². The van der Waals surface area contributed by atoms with Gasteiger partial charge in [0.05, 0.1) is 0 Å². The lowest BCUT2D eigenvalue weighted by molar-refractivity contribution is -0.137. The zero-order valence-corrected chi connectivity index (χ0v) is 5.46. The molecule has 4 N–H and O–H groups in total. The predicted octanol–water partition coefficient (Wildman–Crippen LogP) is 0.847. The van der Waals surface area contributed by atoms with Gasteiger partial charge in [0, 0.05) is 6.92 Å². The van der Waals surface area contributed by atoms with Gasteiger partial charge < -0.3 is 11.5 Å². The molecule has 0 aromatic carbocycles. The SMILES string of the molecule is CC(=O)NCC(F)(F)F.N. The fraction of sp³-hybridized carbons (Fsp3) is 0.750. The molecule has 1 amide bonds. The van der Waals surface area contributed by atoms with Crippen molar-refractivity contribution in [3.8, 4) is 0 Å². The highest BCUT2D eigenvalue weighted by molar-refractivity contribution is 5.72. The van der Waals surface area contributed by atoms with Crippen molar-refractivity contribution >= 4 is 5.91 Å². The molecule has 0 aliphatic rings. The van der Waals surface area contributed by atoms with Gasteiger partial charge in [-0.1, -0.05) is 0 Å². The Balaban J connectivity index is 0. The normalized spacial score (nSPS) is 10.0. The number of hydrogen-bond donors (Lipinski definition) is 2. The van der Waals surface area contributed by atoms with E-state index in [1.807, 2.05) is 0 Å². The van der Waals surface area contributed by atoms with E-state index in [4.69, 9.17) is 0 Å². The highest BCUT2D eigenvalue weighted by atomic mass is 19.4. The highest BCUT2D eigenvalue weighted by Gasteiger charge is 2.26. The van der Waals surface area contributed by atoms with Crippen molar-refractivity contribution in [2.75, 3.05) is 6.54 Å². The van der Waals surface area contributed by atoms with Crippen LogP contribution in [-0.2, 0) is 4.79 Å². The van der Waals surface area contributed by atoms with Gasteiger partial charge in [0.1, 0.15) is 6.54 Å². The summed E-state index contributed by atoms with van der Waals surface area (Å²) in [5.74, 6) is -0.674. The van der Waals surface area contributed by atoms with Crippen LogP contribution in [0, 0.1) is 0 Å². The molecule has 6 heteroatoms. The molecule has 0 radical (unpaired) electrons. The van der Waals surface area contributed by atoms with Crippen molar-refractivity contribution < 1.29 is 18.0 Å². The molecule has 0 saturated carbocycles. The number of carbonyl (C=O) groups excluding carboxylic acids is 1. The molecule has 0 aliphatic heterocycles. The van der Waals surface area contributed by atoms with E-state index < -0.39 is 18.6 Å². The second-order valence-electron chi connectivity index (χ2n) is 1.52. The second kappa shape index (κ2) is 4.10. The Labute approximate surface area is 56.2 Å². The molecule has 10 heavy (non-hydrogen) atoms. The largest absolute Gasteiger partial charge is 0.405 e. The van der Waals surface area contributed by atoms with Crippen LogP contribution in [-0.4, -0.2) is 18.6 Å². The van der Waals surface area contributed by atoms with Crippen LogP contribution < -0.4 is 11.5 Å². The lowest BCUT2D eigenvalue weighted by atomic mass is 10.6. The molecule has 3 nitrogen and oxygen atoms in total. The van der Waals surface area contributed by atoms with Crippen molar-refractivity contribution in [1.29, 1.82) is 0 Å².